The summed E-state index contributed by atoms with van der Waals surface area (Å²) in [6.07, 6.45) is 4.24. The molecule has 7 heteroatoms. The van der Waals surface area contributed by atoms with Crippen LogP contribution in [0.5, 0.6) is 5.75 Å². The van der Waals surface area contributed by atoms with Gasteiger partial charge in [-0.05, 0) is 17.7 Å². The van der Waals surface area contributed by atoms with Crippen LogP contribution in [0.15, 0.2) is 36.9 Å². The first kappa shape index (κ1) is 14.2. The molecule has 0 bridgehead atoms. The number of carbonyl (C=O) groups is 1. The third kappa shape index (κ3) is 3.66. The lowest BCUT2D eigenvalue weighted by Gasteiger charge is -2.08. The Labute approximate surface area is 121 Å². The number of hydrogen-bond donors (Lipinski definition) is 2. The van der Waals surface area contributed by atoms with Crippen LogP contribution >= 0.6 is 11.6 Å². The van der Waals surface area contributed by atoms with Gasteiger partial charge in [0, 0.05) is 18.9 Å². The van der Waals surface area contributed by atoms with Gasteiger partial charge < -0.3 is 4.74 Å². The van der Waals surface area contributed by atoms with E-state index in [0.29, 0.717) is 22.9 Å². The van der Waals surface area contributed by atoms with E-state index in [2.05, 4.69) is 20.8 Å². The molecule has 2 N–H and O–H groups in total. The Morgan fingerprint density at radius 3 is 2.75 bits per heavy atom. The average Bonchev–Trinajstić information content (AvgIpc) is 2.48. The Hall–Kier alpha value is -2.18. The molecule has 6 nitrogen and oxygen atoms in total. The van der Waals surface area contributed by atoms with Crippen LogP contribution in [0.2, 0.25) is 5.02 Å². The van der Waals surface area contributed by atoms with Gasteiger partial charge in [0.1, 0.15) is 12.1 Å². The Bertz CT molecular complexity index is 592. The first-order chi connectivity index (χ1) is 9.70. The summed E-state index contributed by atoms with van der Waals surface area (Å²) in [6, 6.07) is 5.40. The smallest absolute Gasteiger partial charge is 0.268 e. The number of aromatic nitrogens is 2. The predicted octanol–water partition coefficient (Wildman–Crippen LogP) is 1.57. The van der Waals surface area contributed by atoms with Gasteiger partial charge in [-0.2, -0.15) is 0 Å². The van der Waals surface area contributed by atoms with Crippen LogP contribution in [-0.2, 0) is 6.54 Å². The highest BCUT2D eigenvalue weighted by atomic mass is 35.5. The van der Waals surface area contributed by atoms with E-state index in [1.165, 1.54) is 18.7 Å². The molecule has 2 rings (SSSR count). The van der Waals surface area contributed by atoms with Gasteiger partial charge in [0.05, 0.1) is 17.7 Å². The van der Waals surface area contributed by atoms with Crippen molar-refractivity contribution in [2.24, 2.45) is 0 Å². The summed E-state index contributed by atoms with van der Waals surface area (Å²) in [4.78, 5) is 19.2. The molecule has 0 aliphatic rings. The summed E-state index contributed by atoms with van der Waals surface area (Å²) in [7, 11) is 1.56. The molecular formula is C13H13ClN4O2. The van der Waals surface area contributed by atoms with E-state index >= 15 is 0 Å². The summed E-state index contributed by atoms with van der Waals surface area (Å²) in [5.74, 6) is 0.311. The van der Waals surface area contributed by atoms with Crippen LogP contribution in [0.3, 0.4) is 0 Å². The first-order valence-corrected chi connectivity index (χ1v) is 6.19. The van der Waals surface area contributed by atoms with E-state index in [0.717, 1.165) is 5.56 Å². The van der Waals surface area contributed by atoms with Crippen LogP contribution in [0, 0.1) is 0 Å². The minimum Gasteiger partial charge on any atom is -0.495 e. The minimum atomic E-state index is -0.301. The summed E-state index contributed by atoms with van der Waals surface area (Å²) in [5, 5.41) is 0.523. The zero-order valence-electron chi connectivity index (χ0n) is 10.8. The number of nitrogens with zero attached hydrogens (tertiary/aromatic N) is 2. The fourth-order valence-corrected chi connectivity index (χ4v) is 1.82. The molecule has 0 radical (unpaired) electrons. The fraction of sp³-hybridized carbons (Fsp3) is 0.154. The zero-order chi connectivity index (χ0) is 14.4. The van der Waals surface area contributed by atoms with Gasteiger partial charge in [-0.3, -0.25) is 10.2 Å². The maximum atomic E-state index is 11.7. The predicted molar refractivity (Wildman–Crippen MR) is 74.3 cm³/mol. The second-order valence-corrected chi connectivity index (χ2v) is 4.31. The van der Waals surface area contributed by atoms with E-state index in [4.69, 9.17) is 16.3 Å². The number of ether oxygens (including phenoxy) is 1. The van der Waals surface area contributed by atoms with Gasteiger partial charge in [-0.1, -0.05) is 17.7 Å². The highest BCUT2D eigenvalue weighted by Crippen LogP contribution is 2.24. The average molecular weight is 293 g/mol. The molecule has 1 amide bonds. The number of rotatable bonds is 5. The number of nitrogens with one attached hydrogen (secondary N) is 2. The molecular weight excluding hydrogens is 280 g/mol. The number of methoxy groups -OCH3 is 1. The van der Waals surface area contributed by atoms with Crippen LogP contribution in [-0.4, -0.2) is 23.0 Å². The Balaban J connectivity index is 1.87. The lowest BCUT2D eigenvalue weighted by Crippen LogP contribution is -2.36. The maximum absolute atomic E-state index is 11.7. The number of benzene rings is 1. The maximum Gasteiger partial charge on any atom is 0.268 e. The number of hydrogen-bond acceptors (Lipinski definition) is 5. The Morgan fingerprint density at radius 1 is 1.35 bits per heavy atom. The molecule has 0 fully saturated rings. The quantitative estimate of drug-likeness (QED) is 0.818. The molecule has 0 unspecified atom stereocenters. The van der Waals surface area contributed by atoms with Gasteiger partial charge in [-0.15, -0.1) is 0 Å². The van der Waals surface area contributed by atoms with Gasteiger partial charge in [0.15, 0.2) is 0 Å². The molecule has 1 aromatic heterocycles. The third-order valence-corrected chi connectivity index (χ3v) is 2.83. The summed E-state index contributed by atoms with van der Waals surface area (Å²) < 4.78 is 5.06. The van der Waals surface area contributed by atoms with E-state index in [1.54, 1.807) is 19.2 Å². The minimum absolute atomic E-state index is 0.301. The summed E-state index contributed by atoms with van der Waals surface area (Å²) in [5.41, 5.74) is 6.66. The molecule has 2 aromatic rings. The molecule has 0 saturated heterocycles. The van der Waals surface area contributed by atoms with Crippen LogP contribution in [0.4, 0.5) is 0 Å². The Morgan fingerprint density at radius 2 is 2.10 bits per heavy atom. The van der Waals surface area contributed by atoms with Crippen LogP contribution < -0.4 is 15.6 Å². The lowest BCUT2D eigenvalue weighted by molar-refractivity contribution is 0.0931. The number of halogens is 1. The molecule has 0 aliphatic heterocycles. The lowest BCUT2D eigenvalue weighted by atomic mass is 10.2. The molecule has 1 heterocycles. The number of carbonyl (C=O) groups excluding carboxylic acids is 1. The summed E-state index contributed by atoms with van der Waals surface area (Å²) >= 11 is 6.01. The molecule has 0 saturated carbocycles. The highest BCUT2D eigenvalue weighted by molar-refractivity contribution is 6.32. The van der Waals surface area contributed by atoms with Crippen LogP contribution in [0.1, 0.15) is 15.9 Å². The Kier molecular flexibility index (Phi) is 4.86. The number of hydrazine groups is 1. The molecule has 1 aromatic carbocycles. The zero-order valence-corrected chi connectivity index (χ0v) is 11.5. The van der Waals surface area contributed by atoms with Crippen molar-refractivity contribution in [1.82, 2.24) is 20.8 Å². The van der Waals surface area contributed by atoms with Crippen molar-refractivity contribution in [1.29, 1.82) is 0 Å². The largest absolute Gasteiger partial charge is 0.495 e. The standard InChI is InChI=1S/C13H13ClN4O2/c1-20-12-3-2-9(4-11(12)14)5-17-18-13(19)10-6-15-8-16-7-10/h2-4,6-8,17H,5H2,1H3,(H,18,19). The first-order valence-electron chi connectivity index (χ1n) is 5.81. The summed E-state index contributed by atoms with van der Waals surface area (Å²) in [6.45, 7) is 0.434. The van der Waals surface area contributed by atoms with Crippen molar-refractivity contribution in [3.05, 3.63) is 53.1 Å². The second-order valence-electron chi connectivity index (χ2n) is 3.90. The highest BCUT2D eigenvalue weighted by Gasteiger charge is 2.05. The van der Waals surface area contributed by atoms with Crippen molar-refractivity contribution in [3.63, 3.8) is 0 Å². The van der Waals surface area contributed by atoms with Crippen molar-refractivity contribution < 1.29 is 9.53 Å². The van der Waals surface area contributed by atoms with Gasteiger partial charge >= 0.3 is 0 Å². The monoisotopic (exact) mass is 292 g/mol. The van der Waals surface area contributed by atoms with E-state index < -0.39 is 0 Å². The molecule has 0 aliphatic carbocycles. The van der Waals surface area contributed by atoms with Crippen molar-refractivity contribution in [2.45, 2.75) is 6.54 Å². The fourth-order valence-electron chi connectivity index (χ4n) is 1.53. The van der Waals surface area contributed by atoms with Crippen molar-refractivity contribution in [2.75, 3.05) is 7.11 Å². The molecule has 0 atom stereocenters. The SMILES string of the molecule is COc1ccc(CNNC(=O)c2cncnc2)cc1Cl. The normalized spacial score (nSPS) is 10.1. The van der Waals surface area contributed by atoms with Gasteiger partial charge in [-0.25, -0.2) is 15.4 Å². The van der Waals surface area contributed by atoms with E-state index in [-0.39, 0.29) is 5.91 Å². The van der Waals surface area contributed by atoms with Crippen molar-refractivity contribution in [3.8, 4) is 5.75 Å². The third-order valence-electron chi connectivity index (χ3n) is 2.53. The van der Waals surface area contributed by atoms with Gasteiger partial charge in [0.25, 0.3) is 5.91 Å². The number of amides is 1. The molecule has 0 spiro atoms. The van der Waals surface area contributed by atoms with E-state index in [9.17, 15) is 4.79 Å². The topological polar surface area (TPSA) is 76.1 Å². The van der Waals surface area contributed by atoms with Crippen molar-refractivity contribution >= 4 is 17.5 Å². The molecule has 104 valence electrons. The second kappa shape index (κ2) is 6.83. The van der Waals surface area contributed by atoms with Crippen LogP contribution in [0.25, 0.3) is 0 Å². The molecule has 20 heavy (non-hydrogen) atoms. The van der Waals surface area contributed by atoms with Gasteiger partial charge in [0.2, 0.25) is 0 Å². The van der Waals surface area contributed by atoms with E-state index in [1.807, 2.05) is 6.07 Å².